The molecule has 20 heavy (non-hydrogen) atoms. The predicted octanol–water partition coefficient (Wildman–Crippen LogP) is 1.45. The summed E-state index contributed by atoms with van der Waals surface area (Å²) in [6.07, 6.45) is 2.80. The van der Waals surface area contributed by atoms with Crippen LogP contribution in [0.5, 0.6) is 0 Å². The smallest absolute Gasteiger partial charge is 0.251 e. The van der Waals surface area contributed by atoms with Crippen molar-refractivity contribution in [2.75, 3.05) is 0 Å². The fourth-order valence-corrected chi connectivity index (χ4v) is 2.96. The molecule has 0 radical (unpaired) electrons. The number of hydrogen-bond acceptors (Lipinski definition) is 3. The molecule has 2 rings (SSSR count). The van der Waals surface area contributed by atoms with Crippen LogP contribution in [0, 0.1) is 12.7 Å². The van der Waals surface area contributed by atoms with Gasteiger partial charge in [-0.15, -0.1) is 0 Å². The largest absolute Gasteiger partial charge is 0.347 e. The van der Waals surface area contributed by atoms with Crippen LogP contribution in [-0.2, 0) is 10.0 Å². The van der Waals surface area contributed by atoms with Gasteiger partial charge in [0.1, 0.15) is 10.7 Å². The lowest BCUT2D eigenvalue weighted by molar-refractivity contribution is 0.0850. The van der Waals surface area contributed by atoms with Crippen LogP contribution in [0.3, 0.4) is 0 Å². The third kappa shape index (κ3) is 2.83. The maximum absolute atomic E-state index is 13.8. The van der Waals surface area contributed by atoms with Gasteiger partial charge in [0.2, 0.25) is 10.0 Å². The molecule has 1 saturated carbocycles. The summed E-state index contributed by atoms with van der Waals surface area (Å²) < 4.78 is 36.4. The van der Waals surface area contributed by atoms with Crippen LogP contribution in [0.15, 0.2) is 17.0 Å². The van der Waals surface area contributed by atoms with E-state index in [9.17, 15) is 17.6 Å². The molecule has 0 heterocycles. The summed E-state index contributed by atoms with van der Waals surface area (Å²) in [4.78, 5) is 11.5. The average Bonchev–Trinajstić information content (AvgIpc) is 2.28. The third-order valence-electron chi connectivity index (χ3n) is 3.66. The number of benzene rings is 1. The van der Waals surface area contributed by atoms with Crippen LogP contribution in [0.2, 0.25) is 0 Å². The van der Waals surface area contributed by atoms with Crippen LogP contribution >= 0.6 is 0 Å². The molecule has 0 spiro atoms. The van der Waals surface area contributed by atoms with E-state index in [2.05, 4.69) is 5.32 Å². The zero-order valence-corrected chi connectivity index (χ0v) is 12.2. The van der Waals surface area contributed by atoms with Gasteiger partial charge in [-0.1, -0.05) is 0 Å². The van der Waals surface area contributed by atoms with E-state index in [1.54, 1.807) is 0 Å². The van der Waals surface area contributed by atoms with Gasteiger partial charge >= 0.3 is 0 Å². The van der Waals surface area contributed by atoms with Gasteiger partial charge in [0, 0.05) is 11.1 Å². The zero-order valence-electron chi connectivity index (χ0n) is 11.4. The van der Waals surface area contributed by atoms with Crippen molar-refractivity contribution in [3.05, 3.63) is 29.1 Å². The van der Waals surface area contributed by atoms with E-state index in [0.717, 1.165) is 25.3 Å². The summed E-state index contributed by atoms with van der Waals surface area (Å²) in [5.41, 5.74) is -0.0947. The molecule has 0 saturated heterocycles. The number of rotatable bonds is 3. The van der Waals surface area contributed by atoms with Crippen LogP contribution in [0.1, 0.15) is 42.1 Å². The lowest BCUT2D eigenvalue weighted by Crippen LogP contribution is -2.50. The van der Waals surface area contributed by atoms with E-state index >= 15 is 0 Å². The number of primary sulfonamides is 1. The van der Waals surface area contributed by atoms with E-state index in [1.165, 1.54) is 13.0 Å². The standard InChI is InChI=1S/C13H17FN2O3S/c1-8-6-9(7-10(11(8)14)20(15,18)19)12(17)16-13(2)4-3-5-13/h6-7H,3-5H2,1-2H3,(H,16,17)(H2,15,18,19). The molecule has 3 N–H and O–H groups in total. The molecule has 1 aromatic carbocycles. The third-order valence-corrected chi connectivity index (χ3v) is 4.57. The molecular formula is C13H17FN2O3S. The molecule has 1 amide bonds. The molecule has 0 bridgehead atoms. The maximum atomic E-state index is 13.8. The van der Waals surface area contributed by atoms with Crippen molar-refractivity contribution >= 4 is 15.9 Å². The highest BCUT2D eigenvalue weighted by Crippen LogP contribution is 2.31. The van der Waals surface area contributed by atoms with Crippen molar-refractivity contribution < 1.29 is 17.6 Å². The lowest BCUT2D eigenvalue weighted by Gasteiger charge is -2.39. The first-order chi connectivity index (χ1) is 9.12. The highest BCUT2D eigenvalue weighted by Gasteiger charge is 2.33. The Hall–Kier alpha value is -1.47. The van der Waals surface area contributed by atoms with Crippen LogP contribution in [0.4, 0.5) is 4.39 Å². The summed E-state index contributed by atoms with van der Waals surface area (Å²) in [7, 11) is -4.20. The van der Waals surface area contributed by atoms with Gasteiger partial charge in [0.05, 0.1) is 0 Å². The zero-order chi connectivity index (χ0) is 15.1. The second kappa shape index (κ2) is 4.82. The van der Waals surface area contributed by atoms with Crippen molar-refractivity contribution in [3.63, 3.8) is 0 Å². The molecule has 0 unspecified atom stereocenters. The van der Waals surface area contributed by atoms with Gasteiger partial charge in [-0.05, 0) is 50.8 Å². The Bertz CT molecular complexity index is 666. The Morgan fingerprint density at radius 1 is 1.40 bits per heavy atom. The monoisotopic (exact) mass is 300 g/mol. The van der Waals surface area contributed by atoms with Gasteiger partial charge in [-0.2, -0.15) is 0 Å². The van der Waals surface area contributed by atoms with Crippen LogP contribution in [-0.4, -0.2) is 19.9 Å². The molecule has 5 nitrogen and oxygen atoms in total. The molecule has 1 aliphatic carbocycles. The molecule has 1 aromatic rings. The van der Waals surface area contributed by atoms with Gasteiger partial charge in [-0.25, -0.2) is 17.9 Å². The Kier molecular flexibility index (Phi) is 3.60. The van der Waals surface area contributed by atoms with Gasteiger partial charge in [0.25, 0.3) is 5.91 Å². The van der Waals surface area contributed by atoms with Crippen molar-refractivity contribution in [1.82, 2.24) is 5.32 Å². The van der Waals surface area contributed by atoms with E-state index in [-0.39, 0.29) is 16.7 Å². The first kappa shape index (κ1) is 14.9. The minimum atomic E-state index is -4.20. The van der Waals surface area contributed by atoms with Crippen molar-refractivity contribution in [1.29, 1.82) is 0 Å². The van der Waals surface area contributed by atoms with Crippen LogP contribution in [0.25, 0.3) is 0 Å². The SMILES string of the molecule is Cc1cc(C(=O)NC2(C)CCC2)cc(S(N)(=O)=O)c1F. The Morgan fingerprint density at radius 2 is 2.00 bits per heavy atom. The van der Waals surface area contributed by atoms with Gasteiger partial charge < -0.3 is 5.32 Å². The Morgan fingerprint density at radius 3 is 2.45 bits per heavy atom. The summed E-state index contributed by atoms with van der Waals surface area (Å²) in [5.74, 6) is -1.33. The molecule has 7 heteroatoms. The van der Waals surface area contributed by atoms with Gasteiger partial charge in [0.15, 0.2) is 0 Å². The quantitative estimate of drug-likeness (QED) is 0.885. The number of hydrogen-bond donors (Lipinski definition) is 2. The molecule has 0 atom stereocenters. The molecule has 0 aliphatic heterocycles. The number of sulfonamides is 1. The van der Waals surface area contributed by atoms with Crippen molar-refractivity contribution in [2.24, 2.45) is 5.14 Å². The number of carbonyl (C=O) groups is 1. The maximum Gasteiger partial charge on any atom is 0.251 e. The highest BCUT2D eigenvalue weighted by molar-refractivity contribution is 7.89. The fourth-order valence-electron chi connectivity index (χ4n) is 2.25. The fraction of sp³-hybridized carbons (Fsp3) is 0.462. The Balaban J connectivity index is 2.38. The molecule has 1 aliphatic rings. The average molecular weight is 300 g/mol. The topological polar surface area (TPSA) is 89.3 Å². The molecular weight excluding hydrogens is 283 g/mol. The lowest BCUT2D eigenvalue weighted by atomic mass is 9.78. The summed E-state index contributed by atoms with van der Waals surface area (Å²) in [6.45, 7) is 3.32. The normalized spacial score (nSPS) is 17.4. The number of amides is 1. The first-order valence-electron chi connectivity index (χ1n) is 6.28. The number of aryl methyl sites for hydroxylation is 1. The summed E-state index contributed by atoms with van der Waals surface area (Å²) in [5, 5.41) is 7.80. The minimum Gasteiger partial charge on any atom is -0.347 e. The molecule has 110 valence electrons. The summed E-state index contributed by atoms with van der Waals surface area (Å²) >= 11 is 0. The van der Waals surface area contributed by atoms with Crippen molar-refractivity contribution in [3.8, 4) is 0 Å². The highest BCUT2D eigenvalue weighted by atomic mass is 32.2. The predicted molar refractivity (Wildman–Crippen MR) is 72.2 cm³/mol. The second-order valence-corrected chi connectivity index (χ2v) is 7.05. The Labute approximate surface area is 117 Å². The van der Waals surface area contributed by atoms with Crippen LogP contribution < -0.4 is 10.5 Å². The second-order valence-electron chi connectivity index (χ2n) is 5.52. The van der Waals surface area contributed by atoms with Gasteiger partial charge in [-0.3, -0.25) is 4.79 Å². The number of nitrogens with two attached hydrogens (primary N) is 1. The number of nitrogens with one attached hydrogen (secondary N) is 1. The van der Waals surface area contributed by atoms with Crippen molar-refractivity contribution in [2.45, 2.75) is 43.5 Å². The van der Waals surface area contributed by atoms with E-state index in [4.69, 9.17) is 5.14 Å². The summed E-state index contributed by atoms with van der Waals surface area (Å²) in [6, 6.07) is 2.30. The van der Waals surface area contributed by atoms with E-state index in [0.29, 0.717) is 0 Å². The molecule has 1 fully saturated rings. The number of halogens is 1. The molecule has 0 aromatic heterocycles. The van der Waals surface area contributed by atoms with E-state index in [1.807, 2.05) is 6.92 Å². The number of carbonyl (C=O) groups excluding carboxylic acids is 1. The minimum absolute atomic E-state index is 0.0698. The first-order valence-corrected chi connectivity index (χ1v) is 7.82. The van der Waals surface area contributed by atoms with E-state index < -0.39 is 26.6 Å².